The second kappa shape index (κ2) is 2.90. The van der Waals surface area contributed by atoms with Gasteiger partial charge in [-0.2, -0.15) is 0 Å². The zero-order valence-electron chi connectivity index (χ0n) is 6.33. The van der Waals surface area contributed by atoms with E-state index in [1.807, 2.05) is 6.92 Å². The topological polar surface area (TPSA) is 66.4 Å². The average molecular weight is 157 g/mol. The molecule has 0 aromatic carbocycles. The van der Waals surface area contributed by atoms with E-state index in [4.69, 9.17) is 5.11 Å². The highest BCUT2D eigenvalue weighted by molar-refractivity contribution is 5.83. The molecule has 0 unspecified atom stereocenters. The van der Waals surface area contributed by atoms with Gasteiger partial charge in [0, 0.05) is 12.5 Å². The number of carboxylic acid groups (broad SMARTS) is 1. The fourth-order valence-electron chi connectivity index (χ4n) is 1.31. The normalized spacial score (nSPS) is 31.2. The molecule has 0 radical (unpaired) electrons. The first-order chi connectivity index (χ1) is 5.09. The van der Waals surface area contributed by atoms with Crippen molar-refractivity contribution in [2.45, 2.75) is 25.8 Å². The molecule has 1 aliphatic rings. The maximum atomic E-state index is 10.8. The van der Waals surface area contributed by atoms with Crippen LogP contribution in [0.4, 0.5) is 0 Å². The Morgan fingerprint density at radius 3 is 2.82 bits per heavy atom. The van der Waals surface area contributed by atoms with E-state index in [1.165, 1.54) is 0 Å². The number of nitrogens with one attached hydrogen (secondary N) is 1. The SMILES string of the molecule is C[C@H]1C[C@@H](C(=O)O)CC(=O)N1. The zero-order valence-corrected chi connectivity index (χ0v) is 6.33. The Balaban J connectivity index is 2.56. The Morgan fingerprint density at radius 1 is 1.73 bits per heavy atom. The second-order valence-electron chi connectivity index (χ2n) is 2.94. The monoisotopic (exact) mass is 157 g/mol. The van der Waals surface area contributed by atoms with E-state index in [9.17, 15) is 9.59 Å². The van der Waals surface area contributed by atoms with Gasteiger partial charge in [0.2, 0.25) is 5.91 Å². The van der Waals surface area contributed by atoms with Gasteiger partial charge in [0.1, 0.15) is 0 Å². The lowest BCUT2D eigenvalue weighted by atomic mass is 9.93. The molecule has 2 atom stereocenters. The number of hydrogen-bond acceptors (Lipinski definition) is 2. The van der Waals surface area contributed by atoms with Crippen molar-refractivity contribution >= 4 is 11.9 Å². The summed E-state index contributed by atoms with van der Waals surface area (Å²) in [5, 5.41) is 11.3. The van der Waals surface area contributed by atoms with Crippen molar-refractivity contribution in [3.8, 4) is 0 Å². The highest BCUT2D eigenvalue weighted by Crippen LogP contribution is 2.16. The molecule has 0 aromatic heterocycles. The molecule has 0 aliphatic carbocycles. The molecule has 1 fully saturated rings. The third-order valence-electron chi connectivity index (χ3n) is 1.83. The molecule has 1 heterocycles. The number of rotatable bonds is 1. The van der Waals surface area contributed by atoms with Crippen molar-refractivity contribution in [3.63, 3.8) is 0 Å². The minimum atomic E-state index is -0.869. The first kappa shape index (κ1) is 8.04. The van der Waals surface area contributed by atoms with Crippen LogP contribution in [0.3, 0.4) is 0 Å². The molecular formula is C7H11NO3. The molecule has 1 aliphatic heterocycles. The van der Waals surface area contributed by atoms with Gasteiger partial charge >= 0.3 is 5.97 Å². The van der Waals surface area contributed by atoms with E-state index in [0.717, 1.165) is 0 Å². The predicted octanol–water partition coefficient (Wildman–Crippen LogP) is -0.0143. The van der Waals surface area contributed by atoms with Crippen LogP contribution in [0.15, 0.2) is 0 Å². The van der Waals surface area contributed by atoms with Crippen molar-refractivity contribution in [3.05, 3.63) is 0 Å². The highest BCUT2D eigenvalue weighted by atomic mass is 16.4. The molecule has 0 bridgehead atoms. The van der Waals surface area contributed by atoms with Crippen molar-refractivity contribution in [2.75, 3.05) is 0 Å². The predicted molar refractivity (Wildman–Crippen MR) is 38.0 cm³/mol. The molecule has 0 saturated carbocycles. The summed E-state index contributed by atoms with van der Waals surface area (Å²) in [6, 6.07) is -0.00245. The molecule has 4 nitrogen and oxygen atoms in total. The van der Waals surface area contributed by atoms with Gasteiger partial charge in [0.15, 0.2) is 0 Å². The second-order valence-corrected chi connectivity index (χ2v) is 2.94. The lowest BCUT2D eigenvalue weighted by Gasteiger charge is -2.24. The van der Waals surface area contributed by atoms with Crippen molar-refractivity contribution in [1.82, 2.24) is 5.32 Å². The van der Waals surface area contributed by atoms with E-state index >= 15 is 0 Å². The lowest BCUT2D eigenvalue weighted by Crippen LogP contribution is -2.42. The maximum Gasteiger partial charge on any atom is 0.307 e. The van der Waals surface area contributed by atoms with Crippen LogP contribution >= 0.6 is 0 Å². The molecular weight excluding hydrogens is 146 g/mol. The largest absolute Gasteiger partial charge is 0.481 e. The van der Waals surface area contributed by atoms with Crippen LogP contribution in [0.25, 0.3) is 0 Å². The third kappa shape index (κ3) is 1.93. The fourth-order valence-corrected chi connectivity index (χ4v) is 1.31. The summed E-state index contributed by atoms with van der Waals surface area (Å²) in [5.74, 6) is -1.51. The Labute approximate surface area is 64.6 Å². The van der Waals surface area contributed by atoms with Gasteiger partial charge in [-0.3, -0.25) is 9.59 Å². The van der Waals surface area contributed by atoms with Gasteiger partial charge in [0.05, 0.1) is 5.92 Å². The third-order valence-corrected chi connectivity index (χ3v) is 1.83. The van der Waals surface area contributed by atoms with Crippen LogP contribution in [-0.2, 0) is 9.59 Å². The summed E-state index contributed by atoms with van der Waals surface area (Å²) in [7, 11) is 0. The highest BCUT2D eigenvalue weighted by Gasteiger charge is 2.28. The van der Waals surface area contributed by atoms with Crippen LogP contribution in [0.5, 0.6) is 0 Å². The van der Waals surface area contributed by atoms with Crippen LogP contribution < -0.4 is 5.32 Å². The number of carbonyl (C=O) groups excluding carboxylic acids is 1. The molecule has 2 N–H and O–H groups in total. The van der Waals surface area contributed by atoms with Gasteiger partial charge in [0.25, 0.3) is 0 Å². The molecule has 11 heavy (non-hydrogen) atoms. The van der Waals surface area contributed by atoms with Gasteiger partial charge in [-0.1, -0.05) is 0 Å². The van der Waals surface area contributed by atoms with Gasteiger partial charge < -0.3 is 10.4 Å². The van der Waals surface area contributed by atoms with E-state index in [2.05, 4.69) is 5.32 Å². The first-order valence-electron chi connectivity index (χ1n) is 3.61. The van der Waals surface area contributed by atoms with Gasteiger partial charge in [-0.25, -0.2) is 0 Å². The van der Waals surface area contributed by atoms with Crippen LogP contribution in [0, 0.1) is 5.92 Å². The number of carbonyl (C=O) groups is 2. The van der Waals surface area contributed by atoms with Crippen LogP contribution in [0.1, 0.15) is 19.8 Å². The number of piperidine rings is 1. The van der Waals surface area contributed by atoms with Crippen molar-refractivity contribution in [1.29, 1.82) is 0 Å². The zero-order chi connectivity index (χ0) is 8.43. The number of aliphatic carboxylic acids is 1. The number of amides is 1. The lowest BCUT2D eigenvalue weighted by molar-refractivity contribution is -0.146. The average Bonchev–Trinajstić information content (AvgIpc) is 1.85. The quantitative estimate of drug-likeness (QED) is 0.562. The fraction of sp³-hybridized carbons (Fsp3) is 0.714. The van der Waals surface area contributed by atoms with Crippen molar-refractivity contribution < 1.29 is 14.7 Å². The van der Waals surface area contributed by atoms with Gasteiger partial charge in [-0.15, -0.1) is 0 Å². The van der Waals surface area contributed by atoms with E-state index < -0.39 is 11.9 Å². The minimum Gasteiger partial charge on any atom is -0.481 e. The molecule has 4 heteroatoms. The molecule has 62 valence electrons. The maximum absolute atomic E-state index is 10.8. The Hall–Kier alpha value is -1.06. The number of hydrogen-bond donors (Lipinski definition) is 2. The Bertz CT molecular complexity index is 190. The van der Waals surface area contributed by atoms with Crippen LogP contribution in [0.2, 0.25) is 0 Å². The first-order valence-corrected chi connectivity index (χ1v) is 3.61. The van der Waals surface area contributed by atoms with Gasteiger partial charge in [-0.05, 0) is 13.3 Å². The van der Waals surface area contributed by atoms with Crippen LogP contribution in [-0.4, -0.2) is 23.0 Å². The molecule has 1 rings (SSSR count). The Kier molecular flexibility index (Phi) is 2.12. The molecule has 1 saturated heterocycles. The summed E-state index contributed by atoms with van der Waals surface area (Å²) >= 11 is 0. The summed E-state index contributed by atoms with van der Waals surface area (Å²) in [6.07, 6.45) is 0.667. The van der Waals surface area contributed by atoms with E-state index in [1.54, 1.807) is 0 Å². The standard InChI is InChI=1S/C7H11NO3/c1-4-2-5(7(10)11)3-6(9)8-4/h4-5H,2-3H2,1H3,(H,8,9)(H,10,11)/t4-,5+/m0/s1. The minimum absolute atomic E-state index is 0.00245. The number of carboxylic acids is 1. The summed E-state index contributed by atoms with van der Waals surface area (Å²) in [5.41, 5.74) is 0. The Morgan fingerprint density at radius 2 is 2.36 bits per heavy atom. The summed E-state index contributed by atoms with van der Waals surface area (Å²) < 4.78 is 0. The van der Waals surface area contributed by atoms with E-state index in [-0.39, 0.29) is 18.4 Å². The summed E-state index contributed by atoms with van der Waals surface area (Å²) in [6.45, 7) is 1.81. The molecule has 0 aromatic rings. The summed E-state index contributed by atoms with van der Waals surface area (Å²) in [4.78, 5) is 21.3. The van der Waals surface area contributed by atoms with E-state index in [0.29, 0.717) is 6.42 Å². The molecule has 0 spiro atoms. The molecule has 1 amide bonds. The van der Waals surface area contributed by atoms with Crippen molar-refractivity contribution in [2.24, 2.45) is 5.92 Å². The smallest absolute Gasteiger partial charge is 0.307 e.